The van der Waals surface area contributed by atoms with Gasteiger partial charge in [0.15, 0.2) is 6.61 Å². The first kappa shape index (κ1) is 21.3. The van der Waals surface area contributed by atoms with Crippen LogP contribution < -0.4 is 20.8 Å². The largest absolute Gasteiger partial charge is 0.484 e. The molecule has 0 aliphatic carbocycles. The van der Waals surface area contributed by atoms with Crippen molar-refractivity contribution in [2.24, 2.45) is 5.10 Å². The lowest BCUT2D eigenvalue weighted by atomic mass is 10.3. The van der Waals surface area contributed by atoms with E-state index in [1.807, 2.05) is 6.07 Å². The molecule has 9 heteroatoms. The maximum atomic E-state index is 11.9. The number of benzene rings is 2. The van der Waals surface area contributed by atoms with Crippen molar-refractivity contribution in [3.05, 3.63) is 84.3 Å². The first-order valence-corrected chi connectivity index (χ1v) is 9.33. The van der Waals surface area contributed by atoms with Gasteiger partial charge in [0.05, 0.1) is 12.8 Å². The molecule has 3 rings (SSSR count). The Labute approximate surface area is 178 Å². The molecule has 0 radical (unpaired) electrons. The van der Waals surface area contributed by atoms with Crippen molar-refractivity contribution in [1.29, 1.82) is 0 Å². The van der Waals surface area contributed by atoms with Crippen LogP contribution >= 0.6 is 0 Å². The smallest absolute Gasteiger partial charge is 0.313 e. The SMILES string of the molecule is O=C(COc1ccccc1)N/N=C\c1ccc(CNC(=O)C(=O)Nc2ccccc2)o1. The molecule has 0 aliphatic heterocycles. The van der Waals surface area contributed by atoms with E-state index in [4.69, 9.17) is 9.15 Å². The lowest BCUT2D eigenvalue weighted by Gasteiger charge is -2.05. The fourth-order valence-corrected chi connectivity index (χ4v) is 2.38. The predicted octanol–water partition coefficient (Wildman–Crippen LogP) is 2.06. The summed E-state index contributed by atoms with van der Waals surface area (Å²) in [4.78, 5) is 35.5. The zero-order valence-electron chi connectivity index (χ0n) is 16.4. The Balaban J connectivity index is 1.38. The van der Waals surface area contributed by atoms with Gasteiger partial charge in [-0.1, -0.05) is 36.4 Å². The molecule has 1 aromatic heterocycles. The van der Waals surface area contributed by atoms with Gasteiger partial charge in [-0.05, 0) is 36.4 Å². The molecule has 158 valence electrons. The number of nitrogens with zero attached hydrogens (tertiary/aromatic N) is 1. The van der Waals surface area contributed by atoms with Gasteiger partial charge in [0.1, 0.15) is 17.3 Å². The number of hydrazone groups is 1. The maximum Gasteiger partial charge on any atom is 0.313 e. The number of nitrogens with one attached hydrogen (secondary N) is 3. The number of furan rings is 1. The first-order valence-electron chi connectivity index (χ1n) is 9.33. The quantitative estimate of drug-likeness (QED) is 0.293. The molecule has 1 heterocycles. The molecule has 0 fully saturated rings. The lowest BCUT2D eigenvalue weighted by molar-refractivity contribution is -0.136. The molecule has 0 atom stereocenters. The molecular formula is C22H20N4O5. The second-order valence-electron chi connectivity index (χ2n) is 6.20. The van der Waals surface area contributed by atoms with Crippen molar-refractivity contribution < 1.29 is 23.5 Å². The normalized spacial score (nSPS) is 10.5. The van der Waals surface area contributed by atoms with E-state index in [9.17, 15) is 14.4 Å². The van der Waals surface area contributed by atoms with E-state index < -0.39 is 17.7 Å². The van der Waals surface area contributed by atoms with Crippen LogP contribution in [0.2, 0.25) is 0 Å². The summed E-state index contributed by atoms with van der Waals surface area (Å²) >= 11 is 0. The minimum Gasteiger partial charge on any atom is -0.484 e. The number of hydrogen-bond acceptors (Lipinski definition) is 6. The molecular weight excluding hydrogens is 400 g/mol. The van der Waals surface area contributed by atoms with Crippen LogP contribution in [-0.4, -0.2) is 30.5 Å². The van der Waals surface area contributed by atoms with Gasteiger partial charge >= 0.3 is 11.8 Å². The Morgan fingerprint density at radius 1 is 0.903 bits per heavy atom. The van der Waals surface area contributed by atoms with Gasteiger partial charge < -0.3 is 19.8 Å². The maximum absolute atomic E-state index is 11.9. The summed E-state index contributed by atoms with van der Waals surface area (Å²) in [5.74, 6) is -0.634. The van der Waals surface area contributed by atoms with Crippen molar-refractivity contribution in [2.45, 2.75) is 6.54 Å². The van der Waals surface area contributed by atoms with Crippen LogP contribution in [0.15, 0.2) is 82.3 Å². The number of anilines is 1. The second-order valence-corrected chi connectivity index (χ2v) is 6.20. The summed E-state index contributed by atoms with van der Waals surface area (Å²) in [5, 5.41) is 8.74. The highest BCUT2D eigenvalue weighted by molar-refractivity contribution is 6.39. The fraction of sp³-hybridized carbons (Fsp3) is 0.0909. The Morgan fingerprint density at radius 3 is 2.35 bits per heavy atom. The Kier molecular flexibility index (Phi) is 7.53. The van der Waals surface area contributed by atoms with Gasteiger partial charge in [0.2, 0.25) is 0 Å². The number of amides is 3. The van der Waals surface area contributed by atoms with Crippen LogP contribution in [0.25, 0.3) is 0 Å². The Bertz CT molecular complexity index is 1050. The summed E-state index contributed by atoms with van der Waals surface area (Å²) in [7, 11) is 0. The first-order chi connectivity index (χ1) is 15.1. The van der Waals surface area contributed by atoms with Crippen LogP contribution in [0, 0.1) is 0 Å². The van der Waals surface area contributed by atoms with Crippen molar-refractivity contribution in [2.75, 3.05) is 11.9 Å². The monoisotopic (exact) mass is 420 g/mol. The molecule has 3 N–H and O–H groups in total. The molecule has 0 aliphatic rings. The van der Waals surface area contributed by atoms with Crippen molar-refractivity contribution >= 4 is 29.6 Å². The molecule has 0 saturated heterocycles. The molecule has 3 amide bonds. The highest BCUT2D eigenvalue weighted by Gasteiger charge is 2.14. The average Bonchev–Trinajstić information content (AvgIpc) is 3.25. The molecule has 9 nitrogen and oxygen atoms in total. The number of hydrogen-bond donors (Lipinski definition) is 3. The van der Waals surface area contributed by atoms with E-state index in [1.165, 1.54) is 6.21 Å². The minimum absolute atomic E-state index is 0.0200. The Morgan fingerprint density at radius 2 is 1.61 bits per heavy atom. The summed E-state index contributed by atoms with van der Waals surface area (Å²) in [5.41, 5.74) is 2.85. The second kappa shape index (κ2) is 11.0. The molecule has 0 spiro atoms. The van der Waals surface area contributed by atoms with Gasteiger partial charge in [-0.25, -0.2) is 5.43 Å². The van der Waals surface area contributed by atoms with E-state index in [0.29, 0.717) is 23.0 Å². The molecule has 3 aromatic rings. The van der Waals surface area contributed by atoms with Crippen LogP contribution in [0.3, 0.4) is 0 Å². The standard InChI is InChI=1S/C22H20N4O5/c27-20(15-30-17-9-5-2-6-10-17)26-24-14-19-12-11-18(31-19)13-23-21(28)22(29)25-16-7-3-1-4-8-16/h1-12,14H,13,15H2,(H,23,28)(H,25,29)(H,26,27)/b24-14-. The van der Waals surface area contributed by atoms with Crippen molar-refractivity contribution in [3.8, 4) is 5.75 Å². The van der Waals surface area contributed by atoms with E-state index in [1.54, 1.807) is 66.7 Å². The lowest BCUT2D eigenvalue weighted by Crippen LogP contribution is -2.34. The highest BCUT2D eigenvalue weighted by atomic mass is 16.5. The third-order valence-electron chi connectivity index (χ3n) is 3.84. The third kappa shape index (κ3) is 7.17. The third-order valence-corrected chi connectivity index (χ3v) is 3.84. The van der Waals surface area contributed by atoms with E-state index in [-0.39, 0.29) is 13.2 Å². The molecule has 2 aromatic carbocycles. The summed E-state index contributed by atoms with van der Waals surface area (Å²) in [6.45, 7) is -0.159. The van der Waals surface area contributed by atoms with Crippen LogP contribution in [0.4, 0.5) is 5.69 Å². The zero-order valence-corrected chi connectivity index (χ0v) is 16.4. The van der Waals surface area contributed by atoms with E-state index in [2.05, 4.69) is 21.2 Å². The molecule has 0 saturated carbocycles. The fourth-order valence-electron chi connectivity index (χ4n) is 2.38. The summed E-state index contributed by atoms with van der Waals surface area (Å²) in [6.07, 6.45) is 1.31. The van der Waals surface area contributed by atoms with Gasteiger partial charge in [-0.15, -0.1) is 0 Å². The number of carbonyl (C=O) groups excluding carboxylic acids is 3. The van der Waals surface area contributed by atoms with Crippen LogP contribution in [-0.2, 0) is 20.9 Å². The van der Waals surface area contributed by atoms with Gasteiger partial charge in [-0.2, -0.15) is 5.10 Å². The van der Waals surface area contributed by atoms with Crippen molar-refractivity contribution in [1.82, 2.24) is 10.7 Å². The topological polar surface area (TPSA) is 122 Å². The van der Waals surface area contributed by atoms with Gasteiger partial charge in [0.25, 0.3) is 5.91 Å². The Hall–Kier alpha value is -4.40. The molecule has 31 heavy (non-hydrogen) atoms. The van der Waals surface area contributed by atoms with Gasteiger partial charge in [-0.3, -0.25) is 14.4 Å². The number of rotatable bonds is 8. The molecule has 0 bridgehead atoms. The number of para-hydroxylation sites is 2. The van der Waals surface area contributed by atoms with Crippen LogP contribution in [0.5, 0.6) is 5.75 Å². The van der Waals surface area contributed by atoms with Crippen molar-refractivity contribution in [3.63, 3.8) is 0 Å². The molecule has 0 unspecified atom stereocenters. The number of ether oxygens (including phenoxy) is 1. The zero-order chi connectivity index (χ0) is 21.9. The minimum atomic E-state index is -0.791. The average molecular weight is 420 g/mol. The van der Waals surface area contributed by atoms with E-state index in [0.717, 1.165) is 0 Å². The van der Waals surface area contributed by atoms with Crippen LogP contribution in [0.1, 0.15) is 11.5 Å². The summed E-state index contributed by atoms with van der Waals surface area (Å²) < 4.78 is 10.8. The highest BCUT2D eigenvalue weighted by Crippen LogP contribution is 2.08. The van der Waals surface area contributed by atoms with Gasteiger partial charge in [0, 0.05) is 5.69 Å². The summed E-state index contributed by atoms with van der Waals surface area (Å²) in [6, 6.07) is 20.8. The van der Waals surface area contributed by atoms with E-state index >= 15 is 0 Å². The number of carbonyl (C=O) groups is 3. The predicted molar refractivity (Wildman–Crippen MR) is 113 cm³/mol.